The van der Waals surface area contributed by atoms with Gasteiger partial charge in [0.1, 0.15) is 0 Å². The predicted octanol–water partition coefficient (Wildman–Crippen LogP) is 4.17. The third-order valence-electron chi connectivity index (χ3n) is 4.32. The Morgan fingerprint density at radius 3 is 2.12 bits per heavy atom. The van der Waals surface area contributed by atoms with Gasteiger partial charge in [0.25, 0.3) is 0 Å². The summed E-state index contributed by atoms with van der Waals surface area (Å²) in [4.78, 5) is 0. The molecular weight excluding hydrogens is 255 g/mol. The molecule has 2 nitrogen and oxygen atoms in total. The number of halogens is 2. The fourth-order valence-corrected chi connectivity index (χ4v) is 2.78. The van der Waals surface area contributed by atoms with Gasteiger partial charge in [-0.2, -0.15) is 0 Å². The van der Waals surface area contributed by atoms with Gasteiger partial charge in [0.05, 0.1) is 32.2 Å². The topological polar surface area (TPSA) is 3.24 Å². The maximum absolute atomic E-state index is 5.88. The quantitative estimate of drug-likeness (QED) is 0.540. The maximum atomic E-state index is 5.88. The van der Waals surface area contributed by atoms with Gasteiger partial charge < -0.3 is 4.48 Å². The fraction of sp³-hybridized carbons (Fsp3) is 1.00. The number of quaternary nitrogens is 1. The van der Waals surface area contributed by atoms with Crippen LogP contribution in [-0.4, -0.2) is 40.6 Å². The highest BCUT2D eigenvalue weighted by atomic mass is 35.5. The van der Waals surface area contributed by atoms with Crippen LogP contribution in [0.3, 0.4) is 0 Å². The van der Waals surface area contributed by atoms with E-state index in [0.29, 0.717) is 0 Å². The number of hydrogen-bond donors (Lipinski definition) is 0. The summed E-state index contributed by atoms with van der Waals surface area (Å²) in [5, 5.41) is 0. The minimum atomic E-state index is -0.146. The minimum Gasteiger partial charge on any atom is -0.326 e. The first-order valence-corrected chi connectivity index (χ1v) is 7.38. The van der Waals surface area contributed by atoms with Crippen LogP contribution >= 0.6 is 23.6 Å². The number of nitrogens with zero attached hydrogens (tertiary/aromatic N) is 2. The zero-order valence-corrected chi connectivity index (χ0v) is 13.2. The monoisotopic (exact) mass is 281 g/mol. The molecule has 0 amide bonds. The van der Waals surface area contributed by atoms with Gasteiger partial charge in [-0.25, -0.2) is 0 Å². The average Bonchev–Trinajstić information content (AvgIpc) is 2.28. The van der Waals surface area contributed by atoms with Crippen molar-refractivity contribution < 1.29 is 4.48 Å². The summed E-state index contributed by atoms with van der Waals surface area (Å²) in [6.45, 7) is 5.31. The minimum absolute atomic E-state index is 0.146. The molecule has 4 heteroatoms. The molecule has 0 aromatic carbocycles. The number of hydrogen-bond acceptors (Lipinski definition) is 1. The van der Waals surface area contributed by atoms with E-state index >= 15 is 0 Å². The summed E-state index contributed by atoms with van der Waals surface area (Å²) in [6.07, 6.45) is 7.97. The fourth-order valence-electron chi connectivity index (χ4n) is 2.61. The Morgan fingerprint density at radius 1 is 1.12 bits per heavy atom. The summed E-state index contributed by atoms with van der Waals surface area (Å²) in [5.74, 6) is 0. The highest BCUT2D eigenvalue weighted by Crippen LogP contribution is 2.29. The van der Waals surface area contributed by atoms with Crippen molar-refractivity contribution >= 4 is 23.6 Å². The zero-order chi connectivity index (χ0) is 13.1. The molecular formula is C13H27Cl2N2+. The highest BCUT2D eigenvalue weighted by Gasteiger charge is 2.33. The van der Waals surface area contributed by atoms with Crippen LogP contribution in [0.2, 0.25) is 0 Å². The van der Waals surface area contributed by atoms with Crippen LogP contribution in [0.25, 0.3) is 0 Å². The molecule has 0 radical (unpaired) electrons. The molecule has 0 heterocycles. The molecule has 1 fully saturated rings. The lowest BCUT2D eigenvalue weighted by Gasteiger charge is -2.42. The second-order valence-corrected chi connectivity index (χ2v) is 7.44. The van der Waals surface area contributed by atoms with Crippen molar-refractivity contribution in [3.8, 4) is 0 Å². The van der Waals surface area contributed by atoms with E-state index < -0.39 is 0 Å². The van der Waals surface area contributed by atoms with Crippen molar-refractivity contribution in [1.82, 2.24) is 3.94 Å². The van der Waals surface area contributed by atoms with E-state index in [1.807, 2.05) is 0 Å². The first kappa shape index (κ1) is 15.6. The molecule has 0 unspecified atom stereocenters. The van der Waals surface area contributed by atoms with Crippen molar-refractivity contribution in [2.75, 3.05) is 20.6 Å². The summed E-state index contributed by atoms with van der Waals surface area (Å²) in [7, 11) is 4.69. The summed E-state index contributed by atoms with van der Waals surface area (Å²) < 4.78 is 2.40. The average molecular weight is 282 g/mol. The Labute approximate surface area is 117 Å². The van der Waals surface area contributed by atoms with Gasteiger partial charge in [0, 0.05) is 6.42 Å². The van der Waals surface area contributed by atoms with Crippen LogP contribution in [0.5, 0.6) is 0 Å². The second kappa shape index (κ2) is 6.10. The van der Waals surface area contributed by atoms with Gasteiger partial charge in [-0.05, 0) is 63.1 Å². The Hall–Kier alpha value is 0.500. The summed E-state index contributed by atoms with van der Waals surface area (Å²) >= 11 is 11.8. The molecule has 0 aromatic heterocycles. The molecule has 1 rings (SSSR count). The highest BCUT2D eigenvalue weighted by molar-refractivity contribution is 6.34. The van der Waals surface area contributed by atoms with Crippen LogP contribution in [0.4, 0.5) is 0 Å². The molecule has 0 spiro atoms. The van der Waals surface area contributed by atoms with Crippen LogP contribution < -0.4 is 0 Å². The van der Waals surface area contributed by atoms with Gasteiger partial charge >= 0.3 is 0 Å². The summed E-state index contributed by atoms with van der Waals surface area (Å²) in [5.41, 5.74) is -0.146. The van der Waals surface area contributed by atoms with Gasteiger partial charge in [-0.15, -0.1) is 3.94 Å². The molecule has 1 aliphatic carbocycles. The van der Waals surface area contributed by atoms with Crippen molar-refractivity contribution in [2.24, 2.45) is 0 Å². The van der Waals surface area contributed by atoms with Crippen LogP contribution in [0, 0.1) is 0 Å². The standard InChI is InChI=1S/C13H27Cl2N2/c1-13(2,16(14)15)10-11-17(3,4)12-8-6-5-7-9-12/h12H,5-11H2,1-4H3/q+1. The smallest absolute Gasteiger partial charge is 0.0886 e. The van der Waals surface area contributed by atoms with Crippen molar-refractivity contribution in [3.05, 3.63) is 0 Å². The van der Waals surface area contributed by atoms with Gasteiger partial charge in [-0.1, -0.05) is 6.42 Å². The van der Waals surface area contributed by atoms with E-state index in [1.165, 1.54) is 36.0 Å². The third kappa shape index (κ3) is 4.59. The van der Waals surface area contributed by atoms with Crippen LogP contribution in [0.1, 0.15) is 52.4 Å². The van der Waals surface area contributed by atoms with E-state index in [0.717, 1.165) is 23.5 Å². The normalized spacial score (nSPS) is 19.9. The Morgan fingerprint density at radius 2 is 1.65 bits per heavy atom. The first-order valence-electron chi connectivity index (χ1n) is 6.70. The Balaban J connectivity index is 2.48. The van der Waals surface area contributed by atoms with Crippen LogP contribution in [0.15, 0.2) is 0 Å². The SMILES string of the molecule is CC(C)(CC[N+](C)(C)C1CCCCC1)N(Cl)Cl. The molecule has 0 N–H and O–H groups in total. The van der Waals surface area contributed by atoms with E-state index in [-0.39, 0.29) is 5.54 Å². The zero-order valence-electron chi connectivity index (χ0n) is 11.7. The molecule has 0 saturated heterocycles. The summed E-state index contributed by atoms with van der Waals surface area (Å²) in [6, 6.07) is 0.818. The Bertz CT molecular complexity index is 234. The molecule has 1 saturated carbocycles. The largest absolute Gasteiger partial charge is 0.326 e. The molecule has 0 aromatic rings. The molecule has 102 valence electrons. The lowest BCUT2D eigenvalue weighted by molar-refractivity contribution is -0.917. The van der Waals surface area contributed by atoms with Crippen molar-refractivity contribution in [3.63, 3.8) is 0 Å². The van der Waals surface area contributed by atoms with E-state index in [4.69, 9.17) is 23.6 Å². The predicted molar refractivity (Wildman–Crippen MR) is 76.1 cm³/mol. The third-order valence-corrected chi connectivity index (χ3v) is 5.24. The van der Waals surface area contributed by atoms with Crippen molar-refractivity contribution in [2.45, 2.75) is 64.0 Å². The maximum Gasteiger partial charge on any atom is 0.0886 e. The van der Waals surface area contributed by atoms with E-state index in [2.05, 4.69) is 27.9 Å². The Kier molecular flexibility index (Phi) is 5.58. The first-order chi connectivity index (χ1) is 7.76. The van der Waals surface area contributed by atoms with Gasteiger partial charge in [0.15, 0.2) is 0 Å². The molecule has 1 aliphatic rings. The van der Waals surface area contributed by atoms with Gasteiger partial charge in [-0.3, -0.25) is 0 Å². The lowest BCUT2D eigenvalue weighted by Crippen LogP contribution is -2.52. The van der Waals surface area contributed by atoms with Crippen molar-refractivity contribution in [1.29, 1.82) is 0 Å². The molecule has 17 heavy (non-hydrogen) atoms. The van der Waals surface area contributed by atoms with Gasteiger partial charge in [0.2, 0.25) is 0 Å². The number of rotatable bonds is 5. The van der Waals surface area contributed by atoms with E-state index in [9.17, 15) is 0 Å². The van der Waals surface area contributed by atoms with Crippen LogP contribution in [-0.2, 0) is 0 Å². The molecule has 0 bridgehead atoms. The lowest BCUT2D eigenvalue weighted by atomic mass is 9.92. The molecule has 0 aliphatic heterocycles. The van der Waals surface area contributed by atoms with E-state index in [1.54, 1.807) is 0 Å². The molecule has 0 atom stereocenters. The second-order valence-electron chi connectivity index (χ2n) is 6.59.